The molecule has 80 valence electrons. The third-order valence-electron chi connectivity index (χ3n) is 2.04. The number of nitrogens with zero attached hydrogens (tertiary/aromatic N) is 2. The van der Waals surface area contributed by atoms with Crippen molar-refractivity contribution < 1.29 is 0 Å². The van der Waals surface area contributed by atoms with Crippen molar-refractivity contribution in [3.8, 4) is 0 Å². The normalized spacial score (nSPS) is 10.8. The molecule has 0 unspecified atom stereocenters. The molecule has 0 radical (unpaired) electrons. The minimum absolute atomic E-state index is 0.803. The SMILES string of the molecule is Cc1ncc(CNCc2csc(C)n2)[nH]1. The maximum absolute atomic E-state index is 4.38. The molecule has 2 aromatic rings. The molecule has 0 fully saturated rings. The van der Waals surface area contributed by atoms with Gasteiger partial charge in [0.05, 0.1) is 10.7 Å². The zero-order valence-electron chi connectivity index (χ0n) is 8.87. The standard InChI is InChI=1S/C10H14N4S/c1-7-12-5-9(13-7)3-11-4-10-6-15-8(2)14-10/h5-6,11H,3-4H2,1-2H3,(H,12,13). The molecule has 0 saturated carbocycles. The van der Waals surface area contributed by atoms with E-state index in [2.05, 4.69) is 25.6 Å². The number of aromatic nitrogens is 3. The molecule has 4 nitrogen and oxygen atoms in total. The van der Waals surface area contributed by atoms with Crippen LogP contribution in [0.4, 0.5) is 0 Å². The molecule has 0 aliphatic carbocycles. The van der Waals surface area contributed by atoms with Crippen LogP contribution in [0.3, 0.4) is 0 Å². The van der Waals surface area contributed by atoms with E-state index in [-0.39, 0.29) is 0 Å². The van der Waals surface area contributed by atoms with Gasteiger partial charge in [0.25, 0.3) is 0 Å². The molecule has 0 aromatic carbocycles. The molecular weight excluding hydrogens is 208 g/mol. The summed E-state index contributed by atoms with van der Waals surface area (Å²) in [5, 5.41) is 6.52. The predicted molar refractivity (Wildman–Crippen MR) is 60.7 cm³/mol. The summed E-state index contributed by atoms with van der Waals surface area (Å²) in [5.74, 6) is 0.955. The molecule has 0 amide bonds. The van der Waals surface area contributed by atoms with Crippen LogP contribution in [0.2, 0.25) is 0 Å². The van der Waals surface area contributed by atoms with Crippen molar-refractivity contribution in [2.24, 2.45) is 0 Å². The second kappa shape index (κ2) is 4.55. The lowest BCUT2D eigenvalue weighted by atomic mass is 10.4. The second-order valence-electron chi connectivity index (χ2n) is 3.46. The van der Waals surface area contributed by atoms with Crippen LogP contribution in [0.25, 0.3) is 0 Å². The summed E-state index contributed by atoms with van der Waals surface area (Å²) in [6.07, 6.45) is 1.86. The van der Waals surface area contributed by atoms with Gasteiger partial charge in [-0.3, -0.25) is 0 Å². The number of aryl methyl sites for hydroxylation is 2. The van der Waals surface area contributed by atoms with Gasteiger partial charge in [-0.05, 0) is 13.8 Å². The Morgan fingerprint density at radius 1 is 1.40 bits per heavy atom. The highest BCUT2D eigenvalue weighted by atomic mass is 32.1. The Labute approximate surface area is 92.8 Å². The molecule has 15 heavy (non-hydrogen) atoms. The quantitative estimate of drug-likeness (QED) is 0.829. The first-order chi connectivity index (χ1) is 7.24. The third-order valence-corrected chi connectivity index (χ3v) is 2.87. The van der Waals surface area contributed by atoms with E-state index >= 15 is 0 Å². The number of thiazole rings is 1. The average Bonchev–Trinajstić information content (AvgIpc) is 2.76. The lowest BCUT2D eigenvalue weighted by Gasteiger charge is -1.99. The van der Waals surface area contributed by atoms with Gasteiger partial charge in [-0.1, -0.05) is 0 Å². The van der Waals surface area contributed by atoms with Crippen molar-refractivity contribution in [1.29, 1.82) is 0 Å². The highest BCUT2D eigenvalue weighted by Gasteiger charge is 1.99. The topological polar surface area (TPSA) is 53.6 Å². The monoisotopic (exact) mass is 222 g/mol. The van der Waals surface area contributed by atoms with Crippen LogP contribution in [0.15, 0.2) is 11.6 Å². The zero-order chi connectivity index (χ0) is 10.7. The number of H-pyrrole nitrogens is 1. The van der Waals surface area contributed by atoms with Gasteiger partial charge in [0, 0.05) is 30.4 Å². The summed E-state index contributed by atoms with van der Waals surface area (Å²) in [5.41, 5.74) is 2.22. The molecular formula is C10H14N4S. The van der Waals surface area contributed by atoms with E-state index < -0.39 is 0 Å². The van der Waals surface area contributed by atoms with Crippen LogP contribution in [0.1, 0.15) is 22.2 Å². The second-order valence-corrected chi connectivity index (χ2v) is 4.52. The number of aromatic amines is 1. The van der Waals surface area contributed by atoms with Gasteiger partial charge in [-0.2, -0.15) is 0 Å². The van der Waals surface area contributed by atoms with Gasteiger partial charge < -0.3 is 10.3 Å². The van der Waals surface area contributed by atoms with Crippen LogP contribution in [0, 0.1) is 13.8 Å². The van der Waals surface area contributed by atoms with Gasteiger partial charge in [0.15, 0.2) is 0 Å². The minimum Gasteiger partial charge on any atom is -0.345 e. The Bertz CT molecular complexity index is 392. The number of rotatable bonds is 4. The Kier molecular flexibility index (Phi) is 3.13. The number of hydrogen-bond donors (Lipinski definition) is 2. The van der Waals surface area contributed by atoms with Crippen molar-refractivity contribution >= 4 is 11.3 Å². The lowest BCUT2D eigenvalue weighted by Crippen LogP contribution is -2.13. The van der Waals surface area contributed by atoms with E-state index in [0.29, 0.717) is 0 Å². The summed E-state index contributed by atoms with van der Waals surface area (Å²) < 4.78 is 0. The van der Waals surface area contributed by atoms with E-state index in [1.807, 2.05) is 20.0 Å². The maximum Gasteiger partial charge on any atom is 0.103 e. The van der Waals surface area contributed by atoms with Crippen LogP contribution in [0.5, 0.6) is 0 Å². The molecule has 5 heteroatoms. The largest absolute Gasteiger partial charge is 0.345 e. The Hall–Kier alpha value is -1.20. The lowest BCUT2D eigenvalue weighted by molar-refractivity contribution is 0.671. The van der Waals surface area contributed by atoms with E-state index in [9.17, 15) is 0 Å². The summed E-state index contributed by atoms with van der Waals surface area (Å²) in [4.78, 5) is 11.7. The van der Waals surface area contributed by atoms with E-state index in [0.717, 1.165) is 35.3 Å². The molecule has 2 rings (SSSR count). The first kappa shape index (κ1) is 10.3. The number of nitrogens with one attached hydrogen (secondary N) is 2. The molecule has 2 N–H and O–H groups in total. The number of imidazole rings is 1. The molecule has 2 aromatic heterocycles. The van der Waals surface area contributed by atoms with Gasteiger partial charge in [0.1, 0.15) is 5.82 Å². The van der Waals surface area contributed by atoms with Crippen LogP contribution in [-0.2, 0) is 13.1 Å². The first-order valence-corrected chi connectivity index (χ1v) is 5.74. The van der Waals surface area contributed by atoms with Crippen molar-refractivity contribution in [1.82, 2.24) is 20.3 Å². The molecule has 0 bridgehead atoms. The van der Waals surface area contributed by atoms with Crippen molar-refractivity contribution in [3.63, 3.8) is 0 Å². The van der Waals surface area contributed by atoms with Gasteiger partial charge in [0.2, 0.25) is 0 Å². The van der Waals surface area contributed by atoms with Crippen molar-refractivity contribution in [3.05, 3.63) is 33.8 Å². The van der Waals surface area contributed by atoms with Crippen LogP contribution >= 0.6 is 11.3 Å². The van der Waals surface area contributed by atoms with E-state index in [1.54, 1.807) is 11.3 Å². The van der Waals surface area contributed by atoms with Gasteiger partial charge >= 0.3 is 0 Å². The van der Waals surface area contributed by atoms with Crippen molar-refractivity contribution in [2.45, 2.75) is 26.9 Å². The maximum atomic E-state index is 4.38. The van der Waals surface area contributed by atoms with Crippen LogP contribution < -0.4 is 5.32 Å². The Balaban J connectivity index is 1.80. The van der Waals surface area contributed by atoms with Crippen LogP contribution in [-0.4, -0.2) is 15.0 Å². The number of hydrogen-bond acceptors (Lipinski definition) is 4. The molecule has 2 heterocycles. The fraction of sp³-hybridized carbons (Fsp3) is 0.400. The fourth-order valence-electron chi connectivity index (χ4n) is 1.38. The molecule has 0 spiro atoms. The average molecular weight is 222 g/mol. The highest BCUT2D eigenvalue weighted by Crippen LogP contribution is 2.07. The smallest absolute Gasteiger partial charge is 0.103 e. The van der Waals surface area contributed by atoms with Gasteiger partial charge in [-0.25, -0.2) is 9.97 Å². The summed E-state index contributed by atoms with van der Waals surface area (Å²) >= 11 is 1.68. The van der Waals surface area contributed by atoms with Crippen molar-refractivity contribution in [2.75, 3.05) is 0 Å². The van der Waals surface area contributed by atoms with Gasteiger partial charge in [-0.15, -0.1) is 11.3 Å². The predicted octanol–water partition coefficient (Wildman–Crippen LogP) is 1.77. The highest BCUT2D eigenvalue weighted by molar-refractivity contribution is 7.09. The van der Waals surface area contributed by atoms with E-state index in [4.69, 9.17) is 0 Å². The molecule has 0 saturated heterocycles. The molecule has 0 atom stereocenters. The third kappa shape index (κ3) is 2.87. The Morgan fingerprint density at radius 2 is 2.27 bits per heavy atom. The molecule has 0 aliphatic rings. The Morgan fingerprint density at radius 3 is 2.87 bits per heavy atom. The summed E-state index contributed by atoms with van der Waals surface area (Å²) in [6.45, 7) is 5.58. The molecule has 0 aliphatic heterocycles. The fourth-order valence-corrected chi connectivity index (χ4v) is 1.99. The van der Waals surface area contributed by atoms with E-state index in [1.165, 1.54) is 0 Å². The zero-order valence-corrected chi connectivity index (χ0v) is 9.69. The summed E-state index contributed by atoms with van der Waals surface area (Å²) in [6, 6.07) is 0. The minimum atomic E-state index is 0.803. The first-order valence-electron chi connectivity index (χ1n) is 4.86. The summed E-state index contributed by atoms with van der Waals surface area (Å²) in [7, 11) is 0.